The largest absolute Gasteiger partial charge is 0.472 e. The summed E-state index contributed by atoms with van der Waals surface area (Å²) < 4.78 is 5.64. The van der Waals surface area contributed by atoms with Crippen LogP contribution >= 0.6 is 0 Å². The number of nitrogens with one attached hydrogen (secondary N) is 2. The van der Waals surface area contributed by atoms with Gasteiger partial charge in [-0.25, -0.2) is 14.8 Å². The van der Waals surface area contributed by atoms with E-state index in [2.05, 4.69) is 15.6 Å². The summed E-state index contributed by atoms with van der Waals surface area (Å²) in [7, 11) is 0. The minimum absolute atomic E-state index is 0.145. The maximum Gasteiger partial charge on any atom is 0.404 e. The van der Waals surface area contributed by atoms with Gasteiger partial charge < -0.3 is 25.6 Å². The summed E-state index contributed by atoms with van der Waals surface area (Å²) >= 11 is 0. The van der Waals surface area contributed by atoms with Crippen LogP contribution in [0.5, 0.6) is 5.88 Å². The fourth-order valence-corrected chi connectivity index (χ4v) is 4.61. The number of nitrogens with zero attached hydrogens (tertiary/aromatic N) is 2. The molecule has 1 fully saturated rings. The van der Waals surface area contributed by atoms with Gasteiger partial charge in [-0.2, -0.15) is 0 Å². The zero-order valence-electron chi connectivity index (χ0n) is 21.2. The number of amides is 2. The highest BCUT2D eigenvalue weighted by Gasteiger charge is 2.23. The van der Waals surface area contributed by atoms with E-state index in [1.54, 1.807) is 32.2 Å². The molecule has 0 bridgehead atoms. The molecule has 196 valence electrons. The van der Waals surface area contributed by atoms with Gasteiger partial charge in [0.25, 0.3) is 5.91 Å². The van der Waals surface area contributed by atoms with Crippen LogP contribution in [0.25, 0.3) is 22.2 Å². The maximum atomic E-state index is 13.3. The number of fused-ring (bicyclic) bond motifs is 1. The van der Waals surface area contributed by atoms with Crippen molar-refractivity contribution in [3.8, 4) is 17.1 Å². The summed E-state index contributed by atoms with van der Waals surface area (Å²) in [4.78, 5) is 33.1. The van der Waals surface area contributed by atoms with Gasteiger partial charge in [0, 0.05) is 36.3 Å². The number of pyridine rings is 2. The molecule has 0 saturated heterocycles. The van der Waals surface area contributed by atoms with E-state index in [0.717, 1.165) is 42.1 Å². The first kappa shape index (κ1) is 26.3. The Kier molecular flexibility index (Phi) is 8.55. The van der Waals surface area contributed by atoms with Gasteiger partial charge in [0.1, 0.15) is 6.10 Å². The monoisotopic (exact) mass is 506 g/mol. The number of carbonyl (C=O) groups is 2. The van der Waals surface area contributed by atoms with Crippen LogP contribution in [-0.2, 0) is 0 Å². The zero-order chi connectivity index (χ0) is 26.4. The highest BCUT2D eigenvalue weighted by molar-refractivity contribution is 6.07. The normalized spacial score (nSPS) is 19.1. The summed E-state index contributed by atoms with van der Waals surface area (Å²) in [6, 6.07) is 12.9. The number of para-hydroxylation sites is 1. The lowest BCUT2D eigenvalue weighted by molar-refractivity contribution is 0.0575. The van der Waals surface area contributed by atoms with Crippen molar-refractivity contribution in [1.82, 2.24) is 20.6 Å². The summed E-state index contributed by atoms with van der Waals surface area (Å²) in [6.45, 7) is 4.51. The molecule has 3 aromatic rings. The van der Waals surface area contributed by atoms with Crippen molar-refractivity contribution in [1.29, 1.82) is 0 Å². The molecule has 37 heavy (non-hydrogen) atoms. The molecule has 1 aromatic carbocycles. The topological polar surface area (TPSA) is 134 Å². The molecule has 2 amide bonds. The number of benzene rings is 1. The minimum atomic E-state index is -0.982. The number of aliphatic hydroxyl groups is 1. The zero-order valence-corrected chi connectivity index (χ0v) is 21.2. The van der Waals surface area contributed by atoms with Crippen LogP contribution in [0.4, 0.5) is 4.79 Å². The molecule has 9 heteroatoms. The predicted molar refractivity (Wildman–Crippen MR) is 141 cm³/mol. The number of carbonyl (C=O) groups excluding carboxylic acids is 1. The van der Waals surface area contributed by atoms with Crippen LogP contribution in [0.1, 0.15) is 49.9 Å². The molecule has 4 rings (SSSR count). The van der Waals surface area contributed by atoms with Gasteiger partial charge in [-0.05, 0) is 69.6 Å². The van der Waals surface area contributed by atoms with Crippen LogP contribution in [0.15, 0.2) is 48.7 Å². The average molecular weight is 507 g/mol. The van der Waals surface area contributed by atoms with E-state index in [4.69, 9.17) is 14.8 Å². The fraction of sp³-hybridized carbons (Fsp3) is 0.429. The molecule has 2 atom stereocenters. The van der Waals surface area contributed by atoms with E-state index in [-0.39, 0.29) is 12.0 Å². The first-order valence-electron chi connectivity index (χ1n) is 12.8. The lowest BCUT2D eigenvalue weighted by Gasteiger charge is -2.28. The second-order valence-corrected chi connectivity index (χ2v) is 9.80. The lowest BCUT2D eigenvalue weighted by Crippen LogP contribution is -2.34. The fourth-order valence-electron chi connectivity index (χ4n) is 4.61. The third-order valence-corrected chi connectivity index (χ3v) is 7.04. The molecule has 1 aliphatic rings. The number of ether oxygens (including phenoxy) is 1. The number of aromatic nitrogens is 2. The molecule has 2 aromatic heterocycles. The second kappa shape index (κ2) is 12.0. The van der Waals surface area contributed by atoms with Gasteiger partial charge in [0.15, 0.2) is 0 Å². The van der Waals surface area contributed by atoms with Crippen molar-refractivity contribution in [3.05, 3.63) is 54.2 Å². The number of carboxylic acid groups (broad SMARTS) is 1. The summed E-state index contributed by atoms with van der Waals surface area (Å²) in [5, 5.41) is 24.8. The van der Waals surface area contributed by atoms with Gasteiger partial charge >= 0.3 is 6.09 Å². The smallest absolute Gasteiger partial charge is 0.404 e. The van der Waals surface area contributed by atoms with Crippen LogP contribution in [0.3, 0.4) is 0 Å². The van der Waals surface area contributed by atoms with E-state index in [1.807, 2.05) is 30.3 Å². The molecule has 0 radical (unpaired) electrons. The lowest BCUT2D eigenvalue weighted by atomic mass is 9.82. The van der Waals surface area contributed by atoms with E-state index < -0.39 is 12.2 Å². The Morgan fingerprint density at radius 2 is 1.70 bits per heavy atom. The Balaban J connectivity index is 1.45. The number of hydrogen-bond donors (Lipinski definition) is 4. The third kappa shape index (κ3) is 6.95. The summed E-state index contributed by atoms with van der Waals surface area (Å²) in [6.07, 6.45) is 3.49. The molecule has 9 nitrogen and oxygen atoms in total. The van der Waals surface area contributed by atoms with Crippen molar-refractivity contribution < 1.29 is 24.5 Å². The van der Waals surface area contributed by atoms with Gasteiger partial charge in [-0.15, -0.1) is 0 Å². The Morgan fingerprint density at radius 3 is 2.32 bits per heavy atom. The van der Waals surface area contributed by atoms with E-state index in [0.29, 0.717) is 42.1 Å². The SMILES string of the molecule is CC(O)C(C)Oc1ccc(-c2cc(C(=O)NCC3CCC(CNC(=O)O)CC3)c3ccccc3n2)cn1. The highest BCUT2D eigenvalue weighted by atomic mass is 16.5. The summed E-state index contributed by atoms with van der Waals surface area (Å²) in [5.74, 6) is 0.992. The van der Waals surface area contributed by atoms with E-state index >= 15 is 0 Å². The van der Waals surface area contributed by atoms with Crippen LogP contribution in [0, 0.1) is 11.8 Å². The predicted octanol–water partition coefficient (Wildman–Crippen LogP) is 4.25. The van der Waals surface area contributed by atoms with E-state index in [9.17, 15) is 14.7 Å². The Morgan fingerprint density at radius 1 is 1.03 bits per heavy atom. The Labute approximate surface area is 216 Å². The third-order valence-electron chi connectivity index (χ3n) is 7.04. The maximum absolute atomic E-state index is 13.3. The Bertz CT molecular complexity index is 1220. The van der Waals surface area contributed by atoms with Gasteiger partial charge in [0.2, 0.25) is 5.88 Å². The average Bonchev–Trinajstić information content (AvgIpc) is 2.90. The molecule has 4 N–H and O–H groups in total. The second-order valence-electron chi connectivity index (χ2n) is 9.80. The number of rotatable bonds is 9. The number of aliphatic hydroxyl groups excluding tert-OH is 1. The van der Waals surface area contributed by atoms with Crippen molar-refractivity contribution in [2.75, 3.05) is 13.1 Å². The first-order chi connectivity index (χ1) is 17.8. The van der Waals surface area contributed by atoms with Gasteiger partial charge in [-0.1, -0.05) is 18.2 Å². The molecular formula is C28H34N4O5. The molecule has 0 spiro atoms. The molecule has 2 heterocycles. The molecule has 0 aliphatic heterocycles. The van der Waals surface area contributed by atoms with Crippen LogP contribution in [-0.4, -0.2) is 57.5 Å². The highest BCUT2D eigenvalue weighted by Crippen LogP contribution is 2.29. The molecule has 1 saturated carbocycles. The van der Waals surface area contributed by atoms with Crippen molar-refractivity contribution in [2.24, 2.45) is 11.8 Å². The quantitative estimate of drug-likeness (QED) is 0.341. The molecule has 2 unspecified atom stereocenters. The number of hydrogen-bond acceptors (Lipinski definition) is 6. The summed E-state index contributed by atoms with van der Waals surface area (Å²) in [5.41, 5.74) is 2.67. The van der Waals surface area contributed by atoms with Gasteiger partial charge in [-0.3, -0.25) is 4.79 Å². The minimum Gasteiger partial charge on any atom is -0.472 e. The molecular weight excluding hydrogens is 472 g/mol. The van der Waals surface area contributed by atoms with Crippen molar-refractivity contribution >= 4 is 22.9 Å². The Hall–Kier alpha value is -3.72. The molecule has 1 aliphatic carbocycles. The van der Waals surface area contributed by atoms with Crippen molar-refractivity contribution in [3.63, 3.8) is 0 Å². The van der Waals surface area contributed by atoms with E-state index in [1.165, 1.54) is 0 Å². The first-order valence-corrected chi connectivity index (χ1v) is 12.8. The van der Waals surface area contributed by atoms with Crippen LogP contribution < -0.4 is 15.4 Å². The van der Waals surface area contributed by atoms with Crippen molar-refractivity contribution in [2.45, 2.75) is 51.7 Å². The van der Waals surface area contributed by atoms with Crippen LogP contribution in [0.2, 0.25) is 0 Å². The standard InChI is InChI=1S/C28H34N4O5/c1-17(33)18(2)37-26-12-11-21(16-29-26)25-13-23(22-5-3-4-6-24(22)32-25)27(34)30-14-19-7-9-20(10-8-19)15-31-28(35)36/h3-6,11-13,16-20,31,33H,7-10,14-15H2,1-2H3,(H,30,34)(H,35,36). The van der Waals surface area contributed by atoms with Gasteiger partial charge in [0.05, 0.1) is 22.9 Å².